The first-order valence-corrected chi connectivity index (χ1v) is 3.64. The van der Waals surface area contributed by atoms with Gasteiger partial charge in [0, 0.05) is 13.2 Å². The Labute approximate surface area is 65.4 Å². The number of carbonyl (C=O) groups is 1. The summed E-state index contributed by atoms with van der Waals surface area (Å²) >= 11 is 5.43. The monoisotopic (exact) mass is 165 g/mol. The number of hydrogen-bond donors (Lipinski definition) is 2. The first-order valence-electron chi connectivity index (χ1n) is 3.21. The van der Waals surface area contributed by atoms with Crippen LogP contribution in [-0.2, 0) is 4.79 Å². The Hall–Kier alpha value is -0.280. The van der Waals surface area contributed by atoms with Crippen LogP contribution in [0.5, 0.6) is 0 Å². The molecule has 0 saturated heterocycles. The van der Waals surface area contributed by atoms with E-state index in [1.165, 1.54) is 0 Å². The van der Waals surface area contributed by atoms with Gasteiger partial charge in [-0.2, -0.15) is 0 Å². The molecule has 0 aromatic rings. The molecule has 0 aromatic heterocycles. The number of hydrogen-bond acceptors (Lipinski definition) is 2. The van der Waals surface area contributed by atoms with E-state index in [4.69, 9.17) is 16.7 Å². The number of amides is 1. The van der Waals surface area contributed by atoms with Crippen LogP contribution in [0.2, 0.25) is 0 Å². The molecule has 3 nitrogen and oxygen atoms in total. The van der Waals surface area contributed by atoms with Crippen molar-refractivity contribution < 1.29 is 9.90 Å². The van der Waals surface area contributed by atoms with Gasteiger partial charge >= 0.3 is 0 Å². The van der Waals surface area contributed by atoms with E-state index in [0.717, 1.165) is 0 Å². The zero-order valence-corrected chi connectivity index (χ0v) is 6.69. The molecule has 0 fully saturated rings. The Kier molecular flexibility index (Phi) is 5.35. The summed E-state index contributed by atoms with van der Waals surface area (Å²) in [4.78, 5) is 10.7. The number of rotatable bonds is 4. The SMILES string of the molecule is C[C@@H](Cl)C(=O)NCCCO. The predicted molar refractivity (Wildman–Crippen MR) is 40.0 cm³/mol. The summed E-state index contributed by atoms with van der Waals surface area (Å²) in [5.74, 6) is -0.185. The van der Waals surface area contributed by atoms with Gasteiger partial charge in [-0.1, -0.05) is 0 Å². The van der Waals surface area contributed by atoms with Crippen molar-refractivity contribution in [3.8, 4) is 0 Å². The van der Waals surface area contributed by atoms with Gasteiger partial charge in [0.05, 0.1) is 0 Å². The molecule has 0 spiro atoms. The van der Waals surface area contributed by atoms with Crippen LogP contribution in [0.3, 0.4) is 0 Å². The zero-order chi connectivity index (χ0) is 7.98. The van der Waals surface area contributed by atoms with Crippen molar-refractivity contribution in [3.63, 3.8) is 0 Å². The molecule has 2 N–H and O–H groups in total. The van der Waals surface area contributed by atoms with Crippen LogP contribution in [0.4, 0.5) is 0 Å². The van der Waals surface area contributed by atoms with Crippen molar-refractivity contribution in [2.24, 2.45) is 0 Å². The molecule has 1 amide bonds. The van der Waals surface area contributed by atoms with Crippen molar-refractivity contribution >= 4 is 17.5 Å². The number of aliphatic hydroxyl groups excluding tert-OH is 1. The fraction of sp³-hybridized carbons (Fsp3) is 0.833. The smallest absolute Gasteiger partial charge is 0.237 e. The largest absolute Gasteiger partial charge is 0.396 e. The van der Waals surface area contributed by atoms with E-state index in [1.807, 2.05) is 0 Å². The fourth-order valence-corrected chi connectivity index (χ4v) is 0.508. The van der Waals surface area contributed by atoms with Gasteiger partial charge in [0.25, 0.3) is 0 Å². The summed E-state index contributed by atoms with van der Waals surface area (Å²) in [6.45, 7) is 2.19. The number of carbonyl (C=O) groups excluding carboxylic acids is 1. The van der Waals surface area contributed by atoms with Crippen molar-refractivity contribution in [3.05, 3.63) is 0 Å². The van der Waals surface area contributed by atoms with Crippen LogP contribution in [-0.4, -0.2) is 29.5 Å². The molecule has 10 heavy (non-hydrogen) atoms. The molecule has 0 radical (unpaired) electrons. The van der Waals surface area contributed by atoms with Gasteiger partial charge < -0.3 is 10.4 Å². The van der Waals surface area contributed by atoms with Crippen molar-refractivity contribution in [2.75, 3.05) is 13.2 Å². The molecule has 0 aromatic carbocycles. The highest BCUT2D eigenvalue weighted by atomic mass is 35.5. The summed E-state index contributed by atoms with van der Waals surface area (Å²) in [6.07, 6.45) is 0.579. The lowest BCUT2D eigenvalue weighted by molar-refractivity contribution is -0.120. The molecule has 1 atom stereocenters. The molecule has 0 aliphatic carbocycles. The number of nitrogens with one attached hydrogen (secondary N) is 1. The zero-order valence-electron chi connectivity index (χ0n) is 5.93. The minimum atomic E-state index is -0.487. The Morgan fingerprint density at radius 2 is 2.40 bits per heavy atom. The van der Waals surface area contributed by atoms with Gasteiger partial charge in [-0.3, -0.25) is 4.79 Å². The van der Waals surface area contributed by atoms with Crippen LogP contribution in [0.1, 0.15) is 13.3 Å². The molecule has 4 heteroatoms. The molecule has 0 unspecified atom stereocenters. The van der Waals surface area contributed by atoms with E-state index in [-0.39, 0.29) is 12.5 Å². The van der Waals surface area contributed by atoms with Gasteiger partial charge in [-0.05, 0) is 13.3 Å². The quantitative estimate of drug-likeness (QED) is 0.459. The topological polar surface area (TPSA) is 49.3 Å². The summed E-state index contributed by atoms with van der Waals surface area (Å²) in [6, 6.07) is 0. The van der Waals surface area contributed by atoms with Gasteiger partial charge in [0.15, 0.2) is 0 Å². The molecule has 0 saturated carbocycles. The Balaban J connectivity index is 3.22. The van der Waals surface area contributed by atoms with E-state index in [2.05, 4.69) is 5.32 Å². The fourth-order valence-electron chi connectivity index (χ4n) is 0.431. The minimum absolute atomic E-state index is 0.0942. The molecule has 0 heterocycles. The lowest BCUT2D eigenvalue weighted by Gasteiger charge is -2.03. The molecule has 0 rings (SSSR count). The first-order chi connectivity index (χ1) is 4.68. The second-order valence-electron chi connectivity index (χ2n) is 1.98. The lowest BCUT2D eigenvalue weighted by atomic mass is 10.4. The highest BCUT2D eigenvalue weighted by molar-refractivity contribution is 6.30. The van der Waals surface area contributed by atoms with E-state index in [1.54, 1.807) is 6.92 Å². The normalized spacial score (nSPS) is 12.7. The predicted octanol–water partition coefficient (Wildman–Crippen LogP) is 0.112. The number of alkyl halides is 1. The minimum Gasteiger partial charge on any atom is -0.396 e. The van der Waals surface area contributed by atoms with Gasteiger partial charge in [0.1, 0.15) is 5.38 Å². The Morgan fingerprint density at radius 3 is 2.80 bits per heavy atom. The Bertz CT molecular complexity index is 106. The second-order valence-corrected chi connectivity index (χ2v) is 2.64. The summed E-state index contributed by atoms with van der Waals surface area (Å²) in [5, 5.41) is 10.4. The summed E-state index contributed by atoms with van der Waals surface area (Å²) in [5.41, 5.74) is 0. The summed E-state index contributed by atoms with van der Waals surface area (Å²) < 4.78 is 0. The second kappa shape index (κ2) is 5.50. The average molecular weight is 166 g/mol. The lowest BCUT2D eigenvalue weighted by Crippen LogP contribution is -2.30. The van der Waals surface area contributed by atoms with E-state index < -0.39 is 5.38 Å². The maximum atomic E-state index is 10.7. The molecular weight excluding hydrogens is 154 g/mol. The van der Waals surface area contributed by atoms with Gasteiger partial charge in [0.2, 0.25) is 5.91 Å². The average Bonchev–Trinajstić information content (AvgIpc) is 1.88. The van der Waals surface area contributed by atoms with E-state index in [0.29, 0.717) is 13.0 Å². The number of halogens is 1. The van der Waals surface area contributed by atoms with E-state index in [9.17, 15) is 4.79 Å². The van der Waals surface area contributed by atoms with Crippen LogP contribution < -0.4 is 5.32 Å². The van der Waals surface area contributed by atoms with Crippen molar-refractivity contribution in [1.29, 1.82) is 0 Å². The van der Waals surface area contributed by atoms with Crippen LogP contribution in [0.15, 0.2) is 0 Å². The van der Waals surface area contributed by atoms with Crippen LogP contribution in [0, 0.1) is 0 Å². The van der Waals surface area contributed by atoms with Crippen molar-refractivity contribution in [2.45, 2.75) is 18.7 Å². The molecule has 60 valence electrons. The molecule has 0 aliphatic rings. The van der Waals surface area contributed by atoms with Crippen LogP contribution >= 0.6 is 11.6 Å². The standard InChI is InChI=1S/C6H12ClNO2/c1-5(7)6(10)8-3-2-4-9/h5,9H,2-4H2,1H3,(H,8,10)/t5-/m1/s1. The molecule has 0 aliphatic heterocycles. The van der Waals surface area contributed by atoms with Gasteiger partial charge in [-0.25, -0.2) is 0 Å². The van der Waals surface area contributed by atoms with Gasteiger partial charge in [-0.15, -0.1) is 11.6 Å². The molecular formula is C6H12ClNO2. The molecule has 0 bridgehead atoms. The highest BCUT2D eigenvalue weighted by Crippen LogP contribution is 1.91. The highest BCUT2D eigenvalue weighted by Gasteiger charge is 2.06. The maximum Gasteiger partial charge on any atom is 0.237 e. The summed E-state index contributed by atoms with van der Waals surface area (Å²) in [7, 11) is 0. The van der Waals surface area contributed by atoms with E-state index >= 15 is 0 Å². The van der Waals surface area contributed by atoms with Crippen LogP contribution in [0.25, 0.3) is 0 Å². The number of aliphatic hydroxyl groups is 1. The third-order valence-electron chi connectivity index (χ3n) is 0.995. The Morgan fingerprint density at radius 1 is 1.80 bits per heavy atom. The first kappa shape index (κ1) is 9.72. The maximum absolute atomic E-state index is 10.7. The third-order valence-corrected chi connectivity index (χ3v) is 1.19. The van der Waals surface area contributed by atoms with Crippen molar-refractivity contribution in [1.82, 2.24) is 5.32 Å². The third kappa shape index (κ3) is 4.58.